The molecule has 3 rings (SSSR count). The average molecular weight is 329 g/mol. The van der Waals surface area contributed by atoms with Gasteiger partial charge in [0.2, 0.25) is 0 Å². The third kappa shape index (κ3) is 2.77. The van der Waals surface area contributed by atoms with Crippen molar-refractivity contribution in [2.24, 2.45) is 7.05 Å². The summed E-state index contributed by atoms with van der Waals surface area (Å²) in [6, 6.07) is 1.83. The maximum absolute atomic E-state index is 12.6. The zero-order valence-corrected chi connectivity index (χ0v) is 14.6. The Bertz CT molecular complexity index is 844. The summed E-state index contributed by atoms with van der Waals surface area (Å²) in [5.74, 6) is 1.20. The van der Waals surface area contributed by atoms with Crippen LogP contribution in [0.15, 0.2) is 15.3 Å². The minimum atomic E-state index is -0.564. The molecule has 2 aromatic rings. The molecule has 1 amide bonds. The van der Waals surface area contributed by atoms with E-state index in [1.807, 2.05) is 19.9 Å². The van der Waals surface area contributed by atoms with Crippen molar-refractivity contribution in [2.45, 2.75) is 52.4 Å². The van der Waals surface area contributed by atoms with E-state index in [0.717, 1.165) is 36.9 Å². The van der Waals surface area contributed by atoms with Crippen LogP contribution >= 0.6 is 0 Å². The van der Waals surface area contributed by atoms with Crippen molar-refractivity contribution < 1.29 is 9.21 Å². The van der Waals surface area contributed by atoms with Crippen LogP contribution in [0.3, 0.4) is 0 Å². The lowest BCUT2D eigenvalue weighted by atomic mass is 9.83. The fourth-order valence-electron chi connectivity index (χ4n) is 3.25. The van der Waals surface area contributed by atoms with Crippen LogP contribution in [-0.4, -0.2) is 15.7 Å². The van der Waals surface area contributed by atoms with E-state index in [1.165, 1.54) is 0 Å². The maximum atomic E-state index is 12.6. The van der Waals surface area contributed by atoms with E-state index in [4.69, 9.17) is 4.42 Å². The number of nitrogens with one attached hydrogen (secondary N) is 1. The fraction of sp³-hybridized carbons (Fsp3) is 0.500. The Kier molecular flexibility index (Phi) is 4.30. The van der Waals surface area contributed by atoms with Gasteiger partial charge in [-0.05, 0) is 44.7 Å². The Balaban J connectivity index is 1.92. The fourth-order valence-corrected chi connectivity index (χ4v) is 3.25. The molecule has 24 heavy (non-hydrogen) atoms. The second-order valence-electron chi connectivity index (χ2n) is 6.47. The molecule has 2 aromatic heterocycles. The molecule has 0 aromatic carbocycles. The van der Waals surface area contributed by atoms with Gasteiger partial charge in [-0.1, -0.05) is 13.3 Å². The van der Waals surface area contributed by atoms with Crippen LogP contribution in [0.1, 0.15) is 65.0 Å². The van der Waals surface area contributed by atoms with Gasteiger partial charge in [-0.25, -0.2) is 4.79 Å². The highest BCUT2D eigenvalue weighted by molar-refractivity contribution is 6.04. The third-order valence-electron chi connectivity index (χ3n) is 4.83. The summed E-state index contributed by atoms with van der Waals surface area (Å²) in [7, 11) is 1.77. The Morgan fingerprint density at radius 1 is 1.42 bits per heavy atom. The van der Waals surface area contributed by atoms with Crippen molar-refractivity contribution in [1.29, 1.82) is 0 Å². The van der Waals surface area contributed by atoms with E-state index >= 15 is 0 Å². The largest absolute Gasteiger partial charge is 0.427 e. The Morgan fingerprint density at radius 2 is 2.12 bits per heavy atom. The van der Waals surface area contributed by atoms with E-state index in [9.17, 15) is 9.59 Å². The van der Waals surface area contributed by atoms with Gasteiger partial charge < -0.3 is 9.73 Å². The quantitative estimate of drug-likeness (QED) is 0.935. The zero-order chi connectivity index (χ0) is 17.4. The summed E-state index contributed by atoms with van der Waals surface area (Å²) < 4.78 is 7.04. The molecular weight excluding hydrogens is 306 g/mol. The Morgan fingerprint density at radius 3 is 2.67 bits per heavy atom. The van der Waals surface area contributed by atoms with Crippen LogP contribution in [0.2, 0.25) is 0 Å². The van der Waals surface area contributed by atoms with Gasteiger partial charge in [0, 0.05) is 18.5 Å². The minimum Gasteiger partial charge on any atom is -0.427 e. The summed E-state index contributed by atoms with van der Waals surface area (Å²) in [6.45, 7) is 5.69. The molecule has 1 saturated carbocycles. The molecule has 1 aliphatic carbocycles. The smallest absolute Gasteiger partial charge is 0.349 e. The van der Waals surface area contributed by atoms with Crippen LogP contribution in [0.4, 0.5) is 5.82 Å². The number of hydrogen-bond donors (Lipinski definition) is 1. The second-order valence-corrected chi connectivity index (χ2v) is 6.47. The van der Waals surface area contributed by atoms with Crippen molar-refractivity contribution in [3.63, 3.8) is 0 Å². The first kappa shape index (κ1) is 16.5. The lowest BCUT2D eigenvalue weighted by molar-refractivity contribution is 0.102. The van der Waals surface area contributed by atoms with Crippen LogP contribution in [0, 0.1) is 13.8 Å². The lowest BCUT2D eigenvalue weighted by Gasteiger charge is -2.24. The number of rotatable bonds is 4. The first-order valence-corrected chi connectivity index (χ1v) is 8.40. The molecule has 6 nitrogen and oxygen atoms in total. The number of nitrogens with zero attached hydrogens (tertiary/aromatic N) is 2. The topological polar surface area (TPSA) is 77.1 Å². The van der Waals surface area contributed by atoms with Gasteiger partial charge in [-0.15, -0.1) is 0 Å². The molecule has 0 aliphatic heterocycles. The van der Waals surface area contributed by atoms with Crippen molar-refractivity contribution in [3.05, 3.63) is 44.6 Å². The van der Waals surface area contributed by atoms with Gasteiger partial charge in [0.25, 0.3) is 5.91 Å². The van der Waals surface area contributed by atoms with E-state index in [-0.39, 0.29) is 5.56 Å². The summed E-state index contributed by atoms with van der Waals surface area (Å²) in [5.41, 5.74) is 2.01. The first-order chi connectivity index (χ1) is 11.4. The summed E-state index contributed by atoms with van der Waals surface area (Å²) in [5, 5.41) is 7.16. The molecule has 1 fully saturated rings. The summed E-state index contributed by atoms with van der Waals surface area (Å²) >= 11 is 0. The van der Waals surface area contributed by atoms with E-state index in [0.29, 0.717) is 23.1 Å². The predicted molar refractivity (Wildman–Crippen MR) is 91.6 cm³/mol. The SMILES string of the molecule is CCc1c(C)nn(C)c1NC(=O)c1c(C)cc(C2CCC2)oc1=O. The van der Waals surface area contributed by atoms with Gasteiger partial charge in [0.15, 0.2) is 0 Å². The second kappa shape index (κ2) is 6.26. The highest BCUT2D eigenvalue weighted by atomic mass is 16.4. The van der Waals surface area contributed by atoms with Crippen LogP contribution in [0.25, 0.3) is 0 Å². The van der Waals surface area contributed by atoms with Crippen molar-refractivity contribution in [2.75, 3.05) is 5.32 Å². The van der Waals surface area contributed by atoms with Gasteiger partial charge in [0.05, 0.1) is 5.69 Å². The molecule has 1 N–H and O–H groups in total. The normalized spacial score (nSPS) is 14.5. The summed E-state index contributed by atoms with van der Waals surface area (Å²) in [4.78, 5) is 25.0. The number of hydrogen-bond acceptors (Lipinski definition) is 4. The molecular formula is C18H23N3O3. The number of amides is 1. The molecule has 6 heteroatoms. The zero-order valence-electron chi connectivity index (χ0n) is 14.6. The van der Waals surface area contributed by atoms with Gasteiger partial charge in [-0.3, -0.25) is 9.48 Å². The third-order valence-corrected chi connectivity index (χ3v) is 4.83. The molecule has 0 radical (unpaired) electrons. The van der Waals surface area contributed by atoms with E-state index in [1.54, 1.807) is 18.7 Å². The Labute approximate surface area is 140 Å². The predicted octanol–water partition coefficient (Wildman–Crippen LogP) is 3.07. The number of anilines is 1. The molecule has 0 bridgehead atoms. The minimum absolute atomic E-state index is 0.0685. The molecule has 0 spiro atoms. The van der Waals surface area contributed by atoms with Crippen molar-refractivity contribution in [1.82, 2.24) is 9.78 Å². The molecule has 0 saturated heterocycles. The van der Waals surface area contributed by atoms with E-state index in [2.05, 4.69) is 10.4 Å². The van der Waals surface area contributed by atoms with Gasteiger partial charge in [-0.2, -0.15) is 5.10 Å². The molecule has 2 heterocycles. The standard InChI is InChI=1S/C18H23N3O3/c1-5-13-11(3)20-21(4)16(13)19-17(22)15-10(2)9-14(24-18(15)23)12-7-6-8-12/h9,12H,5-8H2,1-4H3,(H,19,22). The lowest BCUT2D eigenvalue weighted by Crippen LogP contribution is -2.25. The van der Waals surface area contributed by atoms with Gasteiger partial charge >= 0.3 is 5.63 Å². The Hall–Kier alpha value is -2.37. The van der Waals surface area contributed by atoms with Crippen LogP contribution < -0.4 is 10.9 Å². The number of aryl methyl sites for hydroxylation is 3. The van der Waals surface area contributed by atoms with Gasteiger partial charge in [0.1, 0.15) is 17.1 Å². The van der Waals surface area contributed by atoms with Crippen LogP contribution in [0.5, 0.6) is 0 Å². The molecule has 128 valence electrons. The monoisotopic (exact) mass is 329 g/mol. The highest BCUT2D eigenvalue weighted by Gasteiger charge is 2.26. The van der Waals surface area contributed by atoms with Crippen LogP contribution in [-0.2, 0) is 13.5 Å². The summed E-state index contributed by atoms with van der Waals surface area (Å²) in [6.07, 6.45) is 4.00. The van der Waals surface area contributed by atoms with Crippen molar-refractivity contribution >= 4 is 11.7 Å². The first-order valence-electron chi connectivity index (χ1n) is 8.40. The van der Waals surface area contributed by atoms with E-state index < -0.39 is 11.5 Å². The average Bonchev–Trinajstić information content (AvgIpc) is 2.70. The molecule has 1 aliphatic rings. The number of carbonyl (C=O) groups excluding carboxylic acids is 1. The maximum Gasteiger partial charge on any atom is 0.349 e. The number of aromatic nitrogens is 2. The number of carbonyl (C=O) groups is 1. The molecule has 0 atom stereocenters. The van der Waals surface area contributed by atoms with Crippen molar-refractivity contribution in [3.8, 4) is 0 Å². The highest BCUT2D eigenvalue weighted by Crippen LogP contribution is 2.36. The molecule has 0 unspecified atom stereocenters.